The van der Waals surface area contributed by atoms with Gasteiger partial charge in [0.05, 0.1) is 8.66 Å². The molecule has 1 atom stereocenters. The van der Waals surface area contributed by atoms with Crippen LogP contribution in [0.5, 0.6) is 0 Å². The van der Waals surface area contributed by atoms with E-state index in [1.807, 2.05) is 11.0 Å². The minimum absolute atomic E-state index is 0.169. The van der Waals surface area contributed by atoms with E-state index in [1.54, 1.807) is 0 Å². The smallest absolute Gasteiger partial charge is 0.264 e. The van der Waals surface area contributed by atoms with Crippen molar-refractivity contribution in [1.82, 2.24) is 4.90 Å². The van der Waals surface area contributed by atoms with E-state index in [0.717, 1.165) is 32.6 Å². The number of hydrogen-bond acceptors (Lipinski definition) is 2. The summed E-state index contributed by atoms with van der Waals surface area (Å²) in [5.41, 5.74) is 0. The normalized spacial score (nSPS) is 21.2. The first-order valence-electron chi connectivity index (χ1n) is 5.32. The molecular weight excluding hydrogens is 354 g/mol. The first kappa shape index (κ1) is 12.6. The van der Waals surface area contributed by atoms with Gasteiger partial charge in [0.15, 0.2) is 0 Å². The van der Waals surface area contributed by atoms with Gasteiger partial charge in [-0.3, -0.25) is 4.79 Å². The van der Waals surface area contributed by atoms with E-state index in [4.69, 9.17) is 0 Å². The monoisotopic (exact) mass is 365 g/mol. The molecule has 0 saturated carbocycles. The lowest BCUT2D eigenvalue weighted by Crippen LogP contribution is -2.38. The molecule has 0 aromatic carbocycles. The Kier molecular flexibility index (Phi) is 4.08. The van der Waals surface area contributed by atoms with Gasteiger partial charge in [0.25, 0.3) is 5.91 Å². The average molecular weight is 367 g/mol. The summed E-state index contributed by atoms with van der Waals surface area (Å²) in [6.07, 6.45) is 2.36. The van der Waals surface area contributed by atoms with E-state index in [2.05, 4.69) is 38.8 Å². The second-order valence-corrected chi connectivity index (χ2v) is 7.46. The highest BCUT2D eigenvalue weighted by Gasteiger charge is 2.23. The van der Waals surface area contributed by atoms with Gasteiger partial charge in [-0.25, -0.2) is 0 Å². The van der Waals surface area contributed by atoms with Crippen molar-refractivity contribution in [2.24, 2.45) is 5.92 Å². The molecule has 1 aliphatic heterocycles. The fraction of sp³-hybridized carbons (Fsp3) is 0.545. The van der Waals surface area contributed by atoms with Gasteiger partial charge in [0.2, 0.25) is 0 Å². The summed E-state index contributed by atoms with van der Waals surface area (Å²) in [6.45, 7) is 4.00. The van der Waals surface area contributed by atoms with Crippen molar-refractivity contribution < 1.29 is 4.79 Å². The zero-order valence-corrected chi connectivity index (χ0v) is 13.0. The van der Waals surface area contributed by atoms with Crippen LogP contribution in [0.25, 0.3) is 0 Å². The molecule has 1 aliphatic rings. The number of amides is 1. The molecule has 0 aliphatic carbocycles. The summed E-state index contributed by atoms with van der Waals surface area (Å²) in [4.78, 5) is 15.0. The van der Waals surface area contributed by atoms with Crippen LogP contribution in [0.15, 0.2) is 14.3 Å². The Morgan fingerprint density at radius 1 is 1.56 bits per heavy atom. The lowest BCUT2D eigenvalue weighted by Gasteiger charge is -2.30. The summed E-state index contributed by atoms with van der Waals surface area (Å²) >= 11 is 8.33. The zero-order chi connectivity index (χ0) is 11.7. The number of piperidine rings is 1. The van der Waals surface area contributed by atoms with Gasteiger partial charge in [-0.05, 0) is 56.7 Å². The molecule has 1 fully saturated rings. The van der Waals surface area contributed by atoms with Crippen LogP contribution in [0.4, 0.5) is 0 Å². The number of rotatable bonds is 1. The molecule has 1 aromatic heterocycles. The summed E-state index contributed by atoms with van der Waals surface area (Å²) < 4.78 is 1.95. The van der Waals surface area contributed by atoms with Crippen molar-refractivity contribution in [2.45, 2.75) is 19.8 Å². The average Bonchev–Trinajstić information content (AvgIpc) is 2.58. The first-order chi connectivity index (χ1) is 7.58. The second-order valence-electron chi connectivity index (χ2n) is 4.23. The van der Waals surface area contributed by atoms with E-state index < -0.39 is 0 Å². The predicted octanol–water partition coefficient (Wildman–Crippen LogP) is 4.15. The molecular formula is C11H13Br2NOS. The maximum Gasteiger partial charge on any atom is 0.264 e. The lowest BCUT2D eigenvalue weighted by atomic mass is 10.0. The molecule has 5 heteroatoms. The van der Waals surface area contributed by atoms with Crippen LogP contribution in [-0.2, 0) is 0 Å². The molecule has 0 spiro atoms. The molecule has 0 radical (unpaired) electrons. The van der Waals surface area contributed by atoms with Gasteiger partial charge in [0.1, 0.15) is 0 Å². The van der Waals surface area contributed by atoms with E-state index >= 15 is 0 Å². The number of hydrogen-bond donors (Lipinski definition) is 0. The van der Waals surface area contributed by atoms with Crippen LogP contribution in [0, 0.1) is 5.92 Å². The molecule has 1 aromatic rings. The van der Waals surface area contributed by atoms with Gasteiger partial charge in [0, 0.05) is 17.6 Å². The van der Waals surface area contributed by atoms with Gasteiger partial charge in [-0.15, -0.1) is 11.3 Å². The number of carbonyl (C=O) groups excluding carboxylic acids is 1. The van der Waals surface area contributed by atoms with Crippen LogP contribution in [0.2, 0.25) is 0 Å². The molecule has 1 amide bonds. The first-order valence-corrected chi connectivity index (χ1v) is 7.72. The van der Waals surface area contributed by atoms with E-state index in [0.29, 0.717) is 5.92 Å². The van der Waals surface area contributed by atoms with Crippen molar-refractivity contribution in [2.75, 3.05) is 13.1 Å². The Labute approximate surface area is 116 Å². The standard InChI is InChI=1S/C11H13Br2NOS/c1-7-3-2-4-14(6-7)11(15)9-5-8(12)10(13)16-9/h5,7H,2-4,6H2,1H3/t7-/m0/s1. The number of carbonyl (C=O) groups is 1. The fourth-order valence-electron chi connectivity index (χ4n) is 1.98. The van der Waals surface area contributed by atoms with Gasteiger partial charge < -0.3 is 4.90 Å². The Hall–Kier alpha value is 0.130. The Bertz CT molecular complexity index is 385. The third-order valence-electron chi connectivity index (χ3n) is 2.80. The predicted molar refractivity (Wildman–Crippen MR) is 74.0 cm³/mol. The Morgan fingerprint density at radius 2 is 2.31 bits per heavy atom. The molecule has 2 rings (SSSR count). The van der Waals surface area contributed by atoms with Gasteiger partial charge in [-0.1, -0.05) is 6.92 Å². The topological polar surface area (TPSA) is 20.3 Å². The minimum Gasteiger partial charge on any atom is -0.338 e. The number of likely N-dealkylation sites (tertiary alicyclic amines) is 1. The highest BCUT2D eigenvalue weighted by Crippen LogP contribution is 2.33. The van der Waals surface area contributed by atoms with Crippen LogP contribution in [-0.4, -0.2) is 23.9 Å². The highest BCUT2D eigenvalue weighted by atomic mass is 79.9. The minimum atomic E-state index is 0.169. The number of halogens is 2. The van der Waals surface area contributed by atoms with E-state index in [-0.39, 0.29) is 5.91 Å². The van der Waals surface area contributed by atoms with Crippen molar-refractivity contribution >= 4 is 49.1 Å². The summed E-state index contributed by atoms with van der Waals surface area (Å²) in [6, 6.07) is 1.90. The van der Waals surface area contributed by atoms with Crippen LogP contribution >= 0.6 is 43.2 Å². The molecule has 0 unspecified atom stereocenters. The molecule has 2 heterocycles. The molecule has 1 saturated heterocycles. The maximum atomic E-state index is 12.2. The highest BCUT2D eigenvalue weighted by molar-refractivity contribution is 9.13. The molecule has 2 nitrogen and oxygen atoms in total. The third kappa shape index (κ3) is 2.68. The van der Waals surface area contributed by atoms with Crippen molar-refractivity contribution in [3.63, 3.8) is 0 Å². The zero-order valence-electron chi connectivity index (χ0n) is 9.00. The van der Waals surface area contributed by atoms with Crippen molar-refractivity contribution in [1.29, 1.82) is 0 Å². The maximum absolute atomic E-state index is 12.2. The third-order valence-corrected chi connectivity index (χ3v) is 6.04. The molecule has 0 bridgehead atoms. The number of nitrogens with zero attached hydrogens (tertiary/aromatic N) is 1. The van der Waals surface area contributed by atoms with E-state index in [9.17, 15) is 4.79 Å². The van der Waals surface area contributed by atoms with Crippen LogP contribution < -0.4 is 0 Å². The summed E-state index contributed by atoms with van der Waals surface area (Å²) in [5, 5.41) is 0. The SMILES string of the molecule is C[C@H]1CCCN(C(=O)c2cc(Br)c(Br)s2)C1. The van der Waals surface area contributed by atoms with Crippen molar-refractivity contribution in [3.05, 3.63) is 19.2 Å². The van der Waals surface area contributed by atoms with Gasteiger partial charge >= 0.3 is 0 Å². The Balaban J connectivity index is 2.12. The molecule has 88 valence electrons. The van der Waals surface area contributed by atoms with Crippen LogP contribution in [0.1, 0.15) is 29.4 Å². The molecule has 16 heavy (non-hydrogen) atoms. The molecule has 0 N–H and O–H groups in total. The number of thiophene rings is 1. The summed E-state index contributed by atoms with van der Waals surface area (Å²) in [7, 11) is 0. The Morgan fingerprint density at radius 3 is 2.88 bits per heavy atom. The lowest BCUT2D eigenvalue weighted by molar-refractivity contribution is 0.0688. The van der Waals surface area contributed by atoms with Crippen LogP contribution in [0.3, 0.4) is 0 Å². The second kappa shape index (κ2) is 5.19. The van der Waals surface area contributed by atoms with E-state index in [1.165, 1.54) is 17.8 Å². The quantitative estimate of drug-likeness (QED) is 0.731. The fourth-order valence-corrected chi connectivity index (χ4v) is 3.99. The summed E-state index contributed by atoms with van der Waals surface area (Å²) in [5.74, 6) is 0.799. The largest absolute Gasteiger partial charge is 0.338 e. The van der Waals surface area contributed by atoms with Gasteiger partial charge in [-0.2, -0.15) is 0 Å². The van der Waals surface area contributed by atoms with Crippen molar-refractivity contribution in [3.8, 4) is 0 Å².